The summed E-state index contributed by atoms with van der Waals surface area (Å²) in [7, 11) is 0. The highest BCUT2D eigenvalue weighted by molar-refractivity contribution is 5.80. The van der Waals surface area contributed by atoms with Gasteiger partial charge >= 0.3 is 0 Å². The maximum Gasteiger partial charge on any atom is 0.249 e. The molecule has 1 amide bonds. The summed E-state index contributed by atoms with van der Waals surface area (Å²) in [6.07, 6.45) is 30.0. The van der Waals surface area contributed by atoms with E-state index in [0.29, 0.717) is 12.8 Å². The molecule has 0 aliphatic carbocycles. The Hall–Kier alpha value is -0.690. The van der Waals surface area contributed by atoms with Gasteiger partial charge in [0.2, 0.25) is 5.91 Å². The molecule has 0 aromatic carbocycles. The molecule has 264 valence electrons. The van der Waals surface area contributed by atoms with Gasteiger partial charge in [-0.05, 0) is 18.8 Å². The molecule has 0 spiro atoms. The second-order valence-electron chi connectivity index (χ2n) is 14.1. The molecular formula is C38H77NO5. The highest BCUT2D eigenvalue weighted by atomic mass is 16.3. The zero-order valence-electron chi connectivity index (χ0n) is 29.6. The molecule has 0 aromatic rings. The van der Waals surface area contributed by atoms with E-state index < -0.39 is 36.9 Å². The van der Waals surface area contributed by atoms with E-state index in [-0.39, 0.29) is 0 Å². The highest BCUT2D eigenvalue weighted by Crippen LogP contribution is 2.17. The second-order valence-corrected chi connectivity index (χ2v) is 14.1. The molecule has 0 aromatic heterocycles. The van der Waals surface area contributed by atoms with E-state index in [4.69, 9.17) is 0 Å². The van der Waals surface area contributed by atoms with Crippen LogP contribution in [0.5, 0.6) is 0 Å². The molecule has 0 fully saturated rings. The maximum absolute atomic E-state index is 12.4. The van der Waals surface area contributed by atoms with Crippen LogP contribution < -0.4 is 5.32 Å². The molecule has 6 nitrogen and oxygen atoms in total. The molecule has 5 N–H and O–H groups in total. The smallest absolute Gasteiger partial charge is 0.249 e. The molecule has 4 atom stereocenters. The van der Waals surface area contributed by atoms with Gasteiger partial charge in [-0.3, -0.25) is 4.79 Å². The number of amides is 1. The van der Waals surface area contributed by atoms with Gasteiger partial charge in [0.15, 0.2) is 0 Å². The molecule has 44 heavy (non-hydrogen) atoms. The van der Waals surface area contributed by atoms with E-state index in [1.165, 1.54) is 128 Å². The van der Waals surface area contributed by atoms with Crippen molar-refractivity contribution in [1.29, 1.82) is 0 Å². The van der Waals surface area contributed by atoms with Crippen molar-refractivity contribution in [3.05, 3.63) is 0 Å². The second kappa shape index (κ2) is 32.3. The van der Waals surface area contributed by atoms with E-state index in [9.17, 15) is 25.2 Å². The van der Waals surface area contributed by atoms with Gasteiger partial charge in [0.1, 0.15) is 12.2 Å². The number of rotatable bonds is 34. The van der Waals surface area contributed by atoms with Crippen molar-refractivity contribution in [1.82, 2.24) is 5.32 Å². The van der Waals surface area contributed by atoms with Crippen LogP contribution in [0.3, 0.4) is 0 Å². The average Bonchev–Trinajstić information content (AvgIpc) is 3.01. The summed E-state index contributed by atoms with van der Waals surface area (Å²) in [4.78, 5) is 12.4. The summed E-state index contributed by atoms with van der Waals surface area (Å²) < 4.78 is 0. The van der Waals surface area contributed by atoms with Gasteiger partial charge in [-0.2, -0.15) is 0 Å². The van der Waals surface area contributed by atoms with Crippen molar-refractivity contribution < 1.29 is 25.2 Å². The van der Waals surface area contributed by atoms with E-state index >= 15 is 0 Å². The number of hydrogen-bond acceptors (Lipinski definition) is 5. The van der Waals surface area contributed by atoms with Crippen LogP contribution >= 0.6 is 0 Å². The number of aliphatic hydroxyl groups excluding tert-OH is 4. The first-order chi connectivity index (χ1) is 21.3. The largest absolute Gasteiger partial charge is 0.394 e. The lowest BCUT2D eigenvalue weighted by atomic mass is 9.98. The number of aliphatic hydroxyl groups is 4. The highest BCUT2D eigenvalue weighted by Gasteiger charge is 2.28. The first kappa shape index (κ1) is 43.3. The predicted octanol–water partition coefficient (Wildman–Crippen LogP) is 9.14. The van der Waals surface area contributed by atoms with Gasteiger partial charge in [-0.15, -0.1) is 0 Å². The van der Waals surface area contributed by atoms with Crippen LogP contribution in [0, 0.1) is 5.92 Å². The molecular weight excluding hydrogens is 550 g/mol. The number of nitrogens with one attached hydrogen (secondary N) is 1. The van der Waals surface area contributed by atoms with Gasteiger partial charge < -0.3 is 25.7 Å². The van der Waals surface area contributed by atoms with Crippen LogP contribution in [0.15, 0.2) is 0 Å². The number of hydrogen-bond donors (Lipinski definition) is 5. The normalized spacial score (nSPS) is 14.5. The van der Waals surface area contributed by atoms with Crippen molar-refractivity contribution in [3.63, 3.8) is 0 Å². The fourth-order valence-electron chi connectivity index (χ4n) is 6.12. The third-order valence-corrected chi connectivity index (χ3v) is 9.25. The number of carbonyl (C=O) groups is 1. The minimum Gasteiger partial charge on any atom is -0.394 e. The van der Waals surface area contributed by atoms with Crippen molar-refractivity contribution in [3.8, 4) is 0 Å². The zero-order chi connectivity index (χ0) is 32.7. The Balaban J connectivity index is 3.73. The molecule has 0 heterocycles. The molecule has 0 saturated heterocycles. The molecule has 0 radical (unpaired) electrons. The number of unbranched alkanes of at least 4 members (excludes halogenated alkanes) is 23. The van der Waals surface area contributed by atoms with Crippen molar-refractivity contribution in [2.24, 2.45) is 5.92 Å². The lowest BCUT2D eigenvalue weighted by molar-refractivity contribution is -0.132. The van der Waals surface area contributed by atoms with Gasteiger partial charge in [0.05, 0.1) is 18.8 Å². The van der Waals surface area contributed by atoms with E-state index in [0.717, 1.165) is 44.4 Å². The third-order valence-electron chi connectivity index (χ3n) is 9.25. The minimum absolute atomic E-state index is 0.374. The van der Waals surface area contributed by atoms with Crippen LogP contribution in [0.25, 0.3) is 0 Å². The van der Waals surface area contributed by atoms with Crippen molar-refractivity contribution >= 4 is 5.91 Å². The standard InChI is InChI=1S/C38H77NO5/c1-4-5-6-7-8-9-10-11-12-13-14-15-16-17-18-21-25-28-31-36(42)38(44)39-34(32-40)37(43)35(41)30-27-24-22-19-20-23-26-29-33(2)3/h33-37,40-43H,4-32H2,1-3H3,(H,39,44)/t34-,35+,36+,37-/m0/s1. The van der Waals surface area contributed by atoms with Gasteiger partial charge in [0.25, 0.3) is 0 Å². The molecule has 0 unspecified atom stereocenters. The molecule has 0 aliphatic heterocycles. The Morgan fingerprint density at radius 3 is 1.23 bits per heavy atom. The zero-order valence-corrected chi connectivity index (χ0v) is 29.6. The van der Waals surface area contributed by atoms with E-state index in [2.05, 4.69) is 26.1 Å². The SMILES string of the molecule is CCCCCCCCCCCCCCCCCCCC[C@@H](O)C(=O)N[C@@H](CO)[C@H](O)[C@H](O)CCCCCCCCCC(C)C. The molecule has 0 rings (SSSR count). The van der Waals surface area contributed by atoms with E-state index in [1.807, 2.05) is 0 Å². The topological polar surface area (TPSA) is 110 Å². The Morgan fingerprint density at radius 1 is 0.523 bits per heavy atom. The van der Waals surface area contributed by atoms with Gasteiger partial charge in [-0.1, -0.05) is 188 Å². The van der Waals surface area contributed by atoms with Crippen molar-refractivity contribution in [2.75, 3.05) is 6.61 Å². The maximum atomic E-state index is 12.4. The lowest BCUT2D eigenvalue weighted by Gasteiger charge is -2.27. The van der Waals surface area contributed by atoms with Crippen molar-refractivity contribution in [2.45, 2.75) is 225 Å². The molecule has 0 bridgehead atoms. The van der Waals surface area contributed by atoms with Crippen LogP contribution in [-0.2, 0) is 4.79 Å². The van der Waals surface area contributed by atoms with Crippen LogP contribution in [-0.4, -0.2) is 57.3 Å². The first-order valence-corrected chi connectivity index (χ1v) is 19.3. The monoisotopic (exact) mass is 628 g/mol. The lowest BCUT2D eigenvalue weighted by Crippen LogP contribution is -2.53. The fraction of sp³-hybridized carbons (Fsp3) is 0.974. The quantitative estimate of drug-likeness (QED) is 0.0457. The first-order valence-electron chi connectivity index (χ1n) is 19.3. The van der Waals surface area contributed by atoms with Gasteiger partial charge in [-0.25, -0.2) is 0 Å². The van der Waals surface area contributed by atoms with Crippen LogP contribution in [0.1, 0.15) is 201 Å². The summed E-state index contributed by atoms with van der Waals surface area (Å²) in [5.41, 5.74) is 0. The third kappa shape index (κ3) is 27.6. The van der Waals surface area contributed by atoms with Crippen LogP contribution in [0.4, 0.5) is 0 Å². The Morgan fingerprint density at radius 2 is 0.864 bits per heavy atom. The predicted molar refractivity (Wildman–Crippen MR) is 187 cm³/mol. The fourth-order valence-corrected chi connectivity index (χ4v) is 6.12. The average molecular weight is 628 g/mol. The Labute approximate surface area is 273 Å². The molecule has 0 aliphatic rings. The summed E-state index contributed by atoms with van der Waals surface area (Å²) in [6, 6.07) is -0.978. The van der Waals surface area contributed by atoms with E-state index in [1.54, 1.807) is 0 Å². The molecule has 0 saturated carbocycles. The Kier molecular flexibility index (Phi) is 31.8. The summed E-state index contributed by atoms with van der Waals surface area (Å²) in [5, 5.41) is 43.4. The van der Waals surface area contributed by atoms with Gasteiger partial charge in [0, 0.05) is 0 Å². The number of carbonyl (C=O) groups excluding carboxylic acids is 1. The van der Waals surface area contributed by atoms with Crippen LogP contribution in [0.2, 0.25) is 0 Å². The summed E-state index contributed by atoms with van der Waals surface area (Å²) in [5.74, 6) is 0.192. The Bertz CT molecular complexity index is 602. The molecule has 6 heteroatoms. The summed E-state index contributed by atoms with van der Waals surface area (Å²) >= 11 is 0. The summed E-state index contributed by atoms with van der Waals surface area (Å²) in [6.45, 7) is 6.32. The minimum atomic E-state index is -1.25.